The number of rotatable bonds is 3. The van der Waals surface area contributed by atoms with Crippen LogP contribution in [0.4, 0.5) is 5.69 Å². The molecule has 0 fully saturated rings. The molecule has 1 aliphatic heterocycles. The van der Waals surface area contributed by atoms with Gasteiger partial charge in [-0.2, -0.15) is 0 Å². The SMILES string of the molecule is CC(=O)N1c2ccc(C(=O)Cn3nnc4ccccc4c3=O)cc2C[C@H]1C. The summed E-state index contributed by atoms with van der Waals surface area (Å²) >= 11 is 0. The summed E-state index contributed by atoms with van der Waals surface area (Å²) in [5.74, 6) is -0.239. The number of Topliss-reactive ketones (excluding diaryl/α,β-unsaturated/α-hetero) is 1. The molecule has 0 aliphatic carbocycles. The maximum atomic E-state index is 12.7. The highest BCUT2D eigenvalue weighted by molar-refractivity contribution is 5.99. The van der Waals surface area contributed by atoms with E-state index >= 15 is 0 Å². The molecule has 0 saturated carbocycles. The molecule has 7 nitrogen and oxygen atoms in total. The molecule has 136 valence electrons. The van der Waals surface area contributed by atoms with Gasteiger partial charge in [0.2, 0.25) is 5.91 Å². The summed E-state index contributed by atoms with van der Waals surface area (Å²) < 4.78 is 1.09. The Morgan fingerprint density at radius 3 is 2.74 bits per heavy atom. The zero-order valence-electron chi connectivity index (χ0n) is 15.0. The number of hydrogen-bond donors (Lipinski definition) is 0. The van der Waals surface area contributed by atoms with Crippen molar-refractivity contribution in [1.29, 1.82) is 0 Å². The first-order valence-corrected chi connectivity index (χ1v) is 8.74. The van der Waals surface area contributed by atoms with Crippen LogP contribution < -0.4 is 10.5 Å². The number of hydrogen-bond acceptors (Lipinski definition) is 5. The van der Waals surface area contributed by atoms with Crippen LogP contribution in [-0.2, 0) is 17.8 Å². The summed E-state index contributed by atoms with van der Waals surface area (Å²) in [4.78, 5) is 38.8. The Kier molecular flexibility index (Phi) is 4.07. The fraction of sp³-hybridized carbons (Fsp3) is 0.250. The van der Waals surface area contributed by atoms with Gasteiger partial charge in [-0.3, -0.25) is 14.4 Å². The molecule has 27 heavy (non-hydrogen) atoms. The van der Waals surface area contributed by atoms with Crippen molar-refractivity contribution in [3.63, 3.8) is 0 Å². The number of carbonyl (C=O) groups excluding carboxylic acids is 2. The number of fused-ring (bicyclic) bond motifs is 2. The lowest BCUT2D eigenvalue weighted by Gasteiger charge is -2.20. The summed E-state index contributed by atoms with van der Waals surface area (Å²) in [6, 6.07) is 12.3. The lowest BCUT2D eigenvalue weighted by atomic mass is 10.0. The van der Waals surface area contributed by atoms with Gasteiger partial charge in [0.25, 0.3) is 5.56 Å². The Labute approximate surface area is 155 Å². The Balaban J connectivity index is 1.64. The van der Waals surface area contributed by atoms with Crippen molar-refractivity contribution in [1.82, 2.24) is 15.0 Å². The van der Waals surface area contributed by atoms with Gasteiger partial charge < -0.3 is 4.90 Å². The number of aromatic nitrogens is 3. The molecule has 3 aromatic rings. The van der Waals surface area contributed by atoms with Gasteiger partial charge >= 0.3 is 0 Å². The number of benzene rings is 2. The van der Waals surface area contributed by atoms with Crippen LogP contribution in [0.5, 0.6) is 0 Å². The first-order valence-electron chi connectivity index (χ1n) is 8.74. The zero-order chi connectivity index (χ0) is 19.1. The molecule has 0 spiro atoms. The van der Waals surface area contributed by atoms with E-state index in [1.807, 2.05) is 6.92 Å². The van der Waals surface area contributed by atoms with Crippen LogP contribution in [0, 0.1) is 0 Å². The average molecular weight is 362 g/mol. The Morgan fingerprint density at radius 2 is 1.96 bits per heavy atom. The molecule has 0 radical (unpaired) electrons. The third kappa shape index (κ3) is 2.91. The largest absolute Gasteiger partial charge is 0.309 e. The average Bonchev–Trinajstić information content (AvgIpc) is 2.99. The molecule has 2 aromatic carbocycles. The summed E-state index contributed by atoms with van der Waals surface area (Å²) in [7, 11) is 0. The summed E-state index contributed by atoms with van der Waals surface area (Å²) in [5.41, 5.74) is 2.46. The fourth-order valence-corrected chi connectivity index (χ4v) is 3.64. The smallest absolute Gasteiger partial charge is 0.278 e. The van der Waals surface area contributed by atoms with Gasteiger partial charge in [-0.15, -0.1) is 5.10 Å². The van der Waals surface area contributed by atoms with Crippen molar-refractivity contribution in [3.05, 3.63) is 63.9 Å². The zero-order valence-corrected chi connectivity index (χ0v) is 15.0. The predicted molar refractivity (Wildman–Crippen MR) is 101 cm³/mol. The number of ketones is 1. The third-order valence-electron chi connectivity index (χ3n) is 4.88. The van der Waals surface area contributed by atoms with Gasteiger partial charge in [0.1, 0.15) is 12.1 Å². The molecule has 1 aromatic heterocycles. The van der Waals surface area contributed by atoms with Gasteiger partial charge in [0.05, 0.1) is 5.39 Å². The van der Waals surface area contributed by atoms with E-state index in [1.54, 1.807) is 47.4 Å². The molecule has 1 aliphatic rings. The molecule has 2 heterocycles. The minimum absolute atomic E-state index is 0.0154. The molecule has 7 heteroatoms. The van der Waals surface area contributed by atoms with Crippen LogP contribution in [0.2, 0.25) is 0 Å². The van der Waals surface area contributed by atoms with Crippen molar-refractivity contribution in [3.8, 4) is 0 Å². The van der Waals surface area contributed by atoms with E-state index in [1.165, 1.54) is 6.92 Å². The molecule has 0 bridgehead atoms. The first-order chi connectivity index (χ1) is 13.0. The highest BCUT2D eigenvalue weighted by Crippen LogP contribution is 2.33. The van der Waals surface area contributed by atoms with E-state index in [0.717, 1.165) is 15.9 Å². The second kappa shape index (κ2) is 6.42. The van der Waals surface area contributed by atoms with Crippen molar-refractivity contribution >= 4 is 28.3 Å². The van der Waals surface area contributed by atoms with Crippen molar-refractivity contribution in [2.75, 3.05) is 4.90 Å². The fourth-order valence-electron chi connectivity index (χ4n) is 3.64. The van der Waals surface area contributed by atoms with E-state index in [2.05, 4.69) is 10.3 Å². The maximum Gasteiger partial charge on any atom is 0.278 e. The topological polar surface area (TPSA) is 85.2 Å². The van der Waals surface area contributed by atoms with Crippen LogP contribution in [-0.4, -0.2) is 32.7 Å². The van der Waals surface area contributed by atoms with Crippen molar-refractivity contribution < 1.29 is 9.59 Å². The van der Waals surface area contributed by atoms with Gasteiger partial charge in [0.15, 0.2) is 5.78 Å². The monoisotopic (exact) mass is 362 g/mol. The van der Waals surface area contributed by atoms with Gasteiger partial charge in [-0.25, -0.2) is 4.68 Å². The lowest BCUT2D eigenvalue weighted by molar-refractivity contribution is -0.116. The first kappa shape index (κ1) is 17.1. The standard InChI is InChI=1S/C20H18N4O3/c1-12-9-15-10-14(7-8-18(15)24(12)13(2)25)19(26)11-23-20(27)16-5-3-4-6-17(16)21-22-23/h3-8,10,12H,9,11H2,1-2H3/t12-/m1/s1. The van der Waals surface area contributed by atoms with Gasteiger partial charge in [0, 0.05) is 24.2 Å². The van der Waals surface area contributed by atoms with E-state index in [9.17, 15) is 14.4 Å². The highest BCUT2D eigenvalue weighted by Gasteiger charge is 2.29. The van der Waals surface area contributed by atoms with Crippen LogP contribution in [0.15, 0.2) is 47.3 Å². The highest BCUT2D eigenvalue weighted by atomic mass is 16.2. The minimum Gasteiger partial charge on any atom is -0.309 e. The molecule has 4 rings (SSSR count). The summed E-state index contributed by atoms with van der Waals surface area (Å²) in [5, 5.41) is 8.31. The van der Waals surface area contributed by atoms with E-state index < -0.39 is 0 Å². The summed E-state index contributed by atoms with van der Waals surface area (Å²) in [6.45, 7) is 3.34. The second-order valence-corrected chi connectivity index (χ2v) is 6.78. The molecular weight excluding hydrogens is 344 g/mol. The van der Waals surface area contributed by atoms with Crippen molar-refractivity contribution in [2.45, 2.75) is 32.9 Å². The second-order valence-electron chi connectivity index (χ2n) is 6.78. The van der Waals surface area contributed by atoms with Crippen molar-refractivity contribution in [2.24, 2.45) is 0 Å². The molecule has 0 N–H and O–H groups in total. The van der Waals surface area contributed by atoms with E-state index in [-0.39, 0.29) is 29.8 Å². The van der Waals surface area contributed by atoms with Crippen LogP contribution in [0.3, 0.4) is 0 Å². The quantitative estimate of drug-likeness (QED) is 0.665. The number of amides is 1. The number of anilines is 1. The maximum absolute atomic E-state index is 12.7. The third-order valence-corrected chi connectivity index (χ3v) is 4.88. The van der Waals surface area contributed by atoms with Crippen LogP contribution in [0.25, 0.3) is 10.9 Å². The number of nitrogens with zero attached hydrogens (tertiary/aromatic N) is 4. The molecule has 1 atom stereocenters. The normalized spacial score (nSPS) is 15.8. The Bertz CT molecular complexity index is 1140. The van der Waals surface area contributed by atoms with Crippen LogP contribution >= 0.6 is 0 Å². The Morgan fingerprint density at radius 1 is 1.19 bits per heavy atom. The lowest BCUT2D eigenvalue weighted by Crippen LogP contribution is -2.33. The molecule has 1 amide bonds. The Hall–Kier alpha value is -3.35. The van der Waals surface area contributed by atoms with E-state index in [4.69, 9.17) is 0 Å². The number of carbonyl (C=O) groups is 2. The summed E-state index contributed by atoms with van der Waals surface area (Å²) in [6.07, 6.45) is 0.700. The minimum atomic E-state index is -0.341. The molecule has 0 saturated heterocycles. The van der Waals surface area contributed by atoms with Crippen LogP contribution in [0.1, 0.15) is 29.8 Å². The van der Waals surface area contributed by atoms with Gasteiger partial charge in [-0.05, 0) is 49.2 Å². The molecule has 0 unspecified atom stereocenters. The van der Waals surface area contributed by atoms with E-state index in [0.29, 0.717) is 22.9 Å². The molecular formula is C20H18N4O3. The predicted octanol–water partition coefficient (Wildman–Crippen LogP) is 1.97. The van der Waals surface area contributed by atoms with Gasteiger partial charge in [-0.1, -0.05) is 17.3 Å².